The first kappa shape index (κ1) is 10.7. The molecule has 0 aliphatic heterocycles. The van der Waals surface area contributed by atoms with Crippen molar-refractivity contribution in [3.05, 3.63) is 33.1 Å². The Morgan fingerprint density at radius 2 is 2.13 bits per heavy atom. The number of benzene rings is 1. The van der Waals surface area contributed by atoms with Crippen LogP contribution in [0.4, 0.5) is 0 Å². The van der Waals surface area contributed by atoms with E-state index in [4.69, 9.17) is 28.3 Å². The molecule has 2 nitrogen and oxygen atoms in total. The summed E-state index contributed by atoms with van der Waals surface area (Å²) in [7, 11) is 0. The Morgan fingerprint density at radius 1 is 1.40 bits per heavy atom. The number of thiophene rings is 1. The maximum atomic E-state index is 10.7. The molecule has 0 unspecified atom stereocenters. The molecule has 0 saturated heterocycles. The lowest BCUT2D eigenvalue weighted by molar-refractivity contribution is -0.136. The lowest BCUT2D eigenvalue weighted by Gasteiger charge is -1.96. The first-order chi connectivity index (χ1) is 7.08. The predicted octanol–water partition coefficient (Wildman–Crippen LogP) is 3.84. The lowest BCUT2D eigenvalue weighted by Crippen LogP contribution is -1.99. The SMILES string of the molecule is O=C(O)Cc1c(Cl)sc2ccc(Cl)cc12. The summed E-state index contributed by atoms with van der Waals surface area (Å²) >= 11 is 13.2. The quantitative estimate of drug-likeness (QED) is 0.891. The van der Waals surface area contributed by atoms with Crippen molar-refractivity contribution in [2.45, 2.75) is 6.42 Å². The normalized spacial score (nSPS) is 10.8. The third kappa shape index (κ3) is 2.09. The van der Waals surface area contributed by atoms with E-state index < -0.39 is 5.97 Å². The monoisotopic (exact) mass is 260 g/mol. The summed E-state index contributed by atoms with van der Waals surface area (Å²) in [4.78, 5) is 10.7. The highest BCUT2D eigenvalue weighted by atomic mass is 35.5. The first-order valence-electron chi connectivity index (χ1n) is 4.16. The zero-order valence-corrected chi connectivity index (χ0v) is 9.79. The van der Waals surface area contributed by atoms with Crippen molar-refractivity contribution in [3.8, 4) is 0 Å². The summed E-state index contributed by atoms with van der Waals surface area (Å²) in [5, 5.41) is 10.2. The Hall–Kier alpha value is -0.770. The molecule has 0 aliphatic carbocycles. The van der Waals surface area contributed by atoms with Crippen LogP contribution in [0.5, 0.6) is 0 Å². The van der Waals surface area contributed by atoms with Gasteiger partial charge in [-0.2, -0.15) is 0 Å². The van der Waals surface area contributed by atoms with Crippen LogP contribution < -0.4 is 0 Å². The van der Waals surface area contributed by atoms with Gasteiger partial charge in [0, 0.05) is 15.3 Å². The number of aliphatic carboxylic acids is 1. The van der Waals surface area contributed by atoms with Gasteiger partial charge in [-0.25, -0.2) is 0 Å². The van der Waals surface area contributed by atoms with Gasteiger partial charge in [0.1, 0.15) is 0 Å². The van der Waals surface area contributed by atoms with Crippen LogP contribution in [0.1, 0.15) is 5.56 Å². The topological polar surface area (TPSA) is 37.3 Å². The van der Waals surface area contributed by atoms with Gasteiger partial charge in [-0.15, -0.1) is 11.3 Å². The molecule has 0 amide bonds. The third-order valence-electron chi connectivity index (χ3n) is 2.03. The van der Waals surface area contributed by atoms with E-state index in [1.54, 1.807) is 12.1 Å². The molecule has 0 bridgehead atoms. The second-order valence-electron chi connectivity index (χ2n) is 3.07. The molecule has 0 saturated carbocycles. The van der Waals surface area contributed by atoms with E-state index in [-0.39, 0.29) is 6.42 Å². The minimum Gasteiger partial charge on any atom is -0.481 e. The number of halogens is 2. The van der Waals surface area contributed by atoms with Crippen LogP contribution in [-0.2, 0) is 11.2 Å². The van der Waals surface area contributed by atoms with E-state index in [0.717, 1.165) is 10.1 Å². The molecule has 0 spiro atoms. The Bertz CT molecular complexity index is 533. The van der Waals surface area contributed by atoms with E-state index in [1.165, 1.54) is 11.3 Å². The number of hydrogen-bond acceptors (Lipinski definition) is 2. The van der Waals surface area contributed by atoms with E-state index in [0.29, 0.717) is 14.9 Å². The van der Waals surface area contributed by atoms with Gasteiger partial charge in [0.2, 0.25) is 0 Å². The van der Waals surface area contributed by atoms with Crippen molar-refractivity contribution in [2.24, 2.45) is 0 Å². The van der Waals surface area contributed by atoms with Gasteiger partial charge in [-0.3, -0.25) is 4.79 Å². The number of carboxylic acids is 1. The minimum atomic E-state index is -0.892. The van der Waals surface area contributed by atoms with E-state index in [2.05, 4.69) is 0 Å². The van der Waals surface area contributed by atoms with E-state index in [1.807, 2.05) is 6.07 Å². The van der Waals surface area contributed by atoms with Crippen molar-refractivity contribution in [2.75, 3.05) is 0 Å². The molecule has 2 rings (SSSR count). The van der Waals surface area contributed by atoms with Crippen molar-refractivity contribution in [3.63, 3.8) is 0 Å². The van der Waals surface area contributed by atoms with Crippen molar-refractivity contribution < 1.29 is 9.90 Å². The third-order valence-corrected chi connectivity index (χ3v) is 3.73. The molecular formula is C10H6Cl2O2S. The average molecular weight is 261 g/mol. The molecule has 0 aliphatic rings. The average Bonchev–Trinajstić information content (AvgIpc) is 2.43. The molecule has 78 valence electrons. The van der Waals surface area contributed by atoms with E-state index in [9.17, 15) is 4.79 Å². The molecule has 1 heterocycles. The molecule has 1 N–H and O–H groups in total. The summed E-state index contributed by atoms with van der Waals surface area (Å²) < 4.78 is 1.48. The summed E-state index contributed by atoms with van der Waals surface area (Å²) in [6.07, 6.45) is -0.0703. The van der Waals surface area contributed by atoms with Crippen LogP contribution in [0.15, 0.2) is 18.2 Å². The molecule has 0 radical (unpaired) electrons. The summed E-state index contributed by atoms with van der Waals surface area (Å²) in [5.74, 6) is -0.892. The van der Waals surface area contributed by atoms with Gasteiger partial charge in [0.25, 0.3) is 0 Å². The zero-order chi connectivity index (χ0) is 11.0. The first-order valence-corrected chi connectivity index (χ1v) is 5.73. The molecule has 15 heavy (non-hydrogen) atoms. The van der Waals surface area contributed by atoms with Crippen LogP contribution >= 0.6 is 34.5 Å². The summed E-state index contributed by atoms with van der Waals surface area (Å²) in [6, 6.07) is 5.36. The van der Waals surface area contributed by atoms with Gasteiger partial charge in [0.05, 0.1) is 10.8 Å². The summed E-state index contributed by atoms with van der Waals surface area (Å²) in [6.45, 7) is 0. The molecular weight excluding hydrogens is 255 g/mol. The van der Waals surface area contributed by atoms with Gasteiger partial charge in [-0.05, 0) is 23.6 Å². The van der Waals surface area contributed by atoms with Gasteiger partial charge < -0.3 is 5.11 Å². The fourth-order valence-electron chi connectivity index (χ4n) is 1.41. The van der Waals surface area contributed by atoms with E-state index >= 15 is 0 Å². The molecule has 1 aromatic carbocycles. The second-order valence-corrected chi connectivity index (χ2v) is 5.16. The smallest absolute Gasteiger partial charge is 0.307 e. The molecule has 2 aromatic rings. The van der Waals surface area contributed by atoms with Crippen molar-refractivity contribution in [1.29, 1.82) is 0 Å². The highest BCUT2D eigenvalue weighted by Crippen LogP contribution is 2.36. The molecule has 5 heteroatoms. The highest BCUT2D eigenvalue weighted by Gasteiger charge is 2.13. The van der Waals surface area contributed by atoms with Crippen molar-refractivity contribution >= 4 is 50.6 Å². The van der Waals surface area contributed by atoms with Crippen LogP contribution in [0.3, 0.4) is 0 Å². The minimum absolute atomic E-state index is 0.0703. The number of carboxylic acid groups (broad SMARTS) is 1. The number of carbonyl (C=O) groups is 1. The second kappa shape index (κ2) is 4.00. The fourth-order valence-corrected chi connectivity index (χ4v) is 2.92. The van der Waals surface area contributed by atoms with Gasteiger partial charge in [0.15, 0.2) is 0 Å². The Kier molecular flexibility index (Phi) is 2.87. The maximum absolute atomic E-state index is 10.7. The van der Waals surface area contributed by atoms with Crippen LogP contribution in [0.2, 0.25) is 9.36 Å². The van der Waals surface area contributed by atoms with Crippen LogP contribution in [0, 0.1) is 0 Å². The zero-order valence-electron chi connectivity index (χ0n) is 7.46. The van der Waals surface area contributed by atoms with Gasteiger partial charge in [-0.1, -0.05) is 23.2 Å². The number of fused-ring (bicyclic) bond motifs is 1. The Morgan fingerprint density at radius 3 is 2.80 bits per heavy atom. The predicted molar refractivity (Wildman–Crippen MR) is 63.2 cm³/mol. The Labute approximate surface area is 100 Å². The number of rotatable bonds is 2. The lowest BCUT2D eigenvalue weighted by atomic mass is 10.1. The van der Waals surface area contributed by atoms with Crippen molar-refractivity contribution in [1.82, 2.24) is 0 Å². The Balaban J connectivity index is 2.65. The molecule has 0 fully saturated rings. The fraction of sp³-hybridized carbons (Fsp3) is 0.100. The largest absolute Gasteiger partial charge is 0.481 e. The van der Waals surface area contributed by atoms with Gasteiger partial charge >= 0.3 is 5.97 Å². The maximum Gasteiger partial charge on any atom is 0.307 e. The summed E-state index contributed by atoms with van der Waals surface area (Å²) in [5.41, 5.74) is 0.645. The standard InChI is InChI=1S/C10H6Cl2O2S/c11-5-1-2-8-6(3-5)7(4-9(13)14)10(12)15-8/h1-3H,4H2,(H,13,14). The highest BCUT2D eigenvalue weighted by molar-refractivity contribution is 7.23. The molecule has 0 atom stereocenters. The number of hydrogen-bond donors (Lipinski definition) is 1. The van der Waals surface area contributed by atoms with Crippen LogP contribution in [-0.4, -0.2) is 11.1 Å². The molecule has 1 aromatic heterocycles. The van der Waals surface area contributed by atoms with Crippen LogP contribution in [0.25, 0.3) is 10.1 Å².